The highest BCUT2D eigenvalue weighted by atomic mass is 32.2. The third-order valence-electron chi connectivity index (χ3n) is 4.16. The van der Waals surface area contributed by atoms with Crippen molar-refractivity contribution in [2.75, 3.05) is 5.43 Å². The molecule has 0 spiro atoms. The molecule has 1 N–H and O–H groups in total. The Morgan fingerprint density at radius 2 is 1.83 bits per heavy atom. The Hall–Kier alpha value is -3.53. The first-order chi connectivity index (χ1) is 13.8. The first-order valence-electron chi connectivity index (χ1n) is 8.71. The fourth-order valence-corrected chi connectivity index (χ4v) is 3.78. The SMILES string of the molecule is CC(C)S(=O)(=O)c1ccccc1-n1nccc1N/N=C/c1ccc([N+](=O)[O-])cc1. The Morgan fingerprint density at radius 3 is 2.48 bits per heavy atom. The highest BCUT2D eigenvalue weighted by Crippen LogP contribution is 2.25. The second-order valence-corrected chi connectivity index (χ2v) is 8.88. The van der Waals surface area contributed by atoms with E-state index in [0.717, 1.165) is 0 Å². The molecule has 9 nitrogen and oxygen atoms in total. The van der Waals surface area contributed by atoms with Crippen LogP contribution in [-0.2, 0) is 9.84 Å². The maximum absolute atomic E-state index is 12.7. The molecular weight excluding hydrogens is 394 g/mol. The van der Waals surface area contributed by atoms with Crippen molar-refractivity contribution < 1.29 is 13.3 Å². The number of anilines is 1. The number of sulfone groups is 1. The van der Waals surface area contributed by atoms with E-state index in [9.17, 15) is 18.5 Å². The molecule has 29 heavy (non-hydrogen) atoms. The van der Waals surface area contributed by atoms with Crippen LogP contribution in [0.5, 0.6) is 0 Å². The van der Waals surface area contributed by atoms with Crippen LogP contribution >= 0.6 is 0 Å². The van der Waals surface area contributed by atoms with Crippen LogP contribution in [0.15, 0.2) is 70.8 Å². The van der Waals surface area contributed by atoms with Gasteiger partial charge in [-0.15, -0.1) is 0 Å². The molecule has 0 aliphatic heterocycles. The average Bonchev–Trinajstić information content (AvgIpc) is 3.16. The van der Waals surface area contributed by atoms with E-state index in [1.54, 1.807) is 56.3 Å². The fraction of sp³-hybridized carbons (Fsp3) is 0.158. The molecule has 3 aromatic rings. The predicted molar refractivity (Wildman–Crippen MR) is 110 cm³/mol. The molecule has 0 atom stereocenters. The van der Waals surface area contributed by atoms with E-state index < -0.39 is 20.0 Å². The summed E-state index contributed by atoms with van der Waals surface area (Å²) in [5.74, 6) is 0.467. The van der Waals surface area contributed by atoms with Gasteiger partial charge < -0.3 is 0 Å². The zero-order chi connectivity index (χ0) is 21.0. The van der Waals surface area contributed by atoms with E-state index in [-0.39, 0.29) is 10.6 Å². The van der Waals surface area contributed by atoms with Crippen molar-refractivity contribution in [3.05, 3.63) is 76.5 Å². The number of nitrogens with one attached hydrogen (secondary N) is 1. The van der Waals surface area contributed by atoms with Gasteiger partial charge in [-0.3, -0.25) is 15.5 Å². The molecule has 0 saturated carbocycles. The van der Waals surface area contributed by atoms with Crippen LogP contribution in [0.3, 0.4) is 0 Å². The molecule has 10 heteroatoms. The maximum atomic E-state index is 12.7. The van der Waals surface area contributed by atoms with Gasteiger partial charge >= 0.3 is 0 Å². The number of aromatic nitrogens is 2. The van der Waals surface area contributed by atoms with Gasteiger partial charge in [0.1, 0.15) is 5.82 Å². The molecule has 3 rings (SSSR count). The molecule has 0 aliphatic carbocycles. The van der Waals surface area contributed by atoms with Crippen molar-refractivity contribution in [3.63, 3.8) is 0 Å². The summed E-state index contributed by atoms with van der Waals surface area (Å²) in [6.45, 7) is 3.26. The Bertz CT molecular complexity index is 1150. The van der Waals surface area contributed by atoms with Gasteiger partial charge in [-0.05, 0) is 43.7 Å². The largest absolute Gasteiger partial charge is 0.269 e. The van der Waals surface area contributed by atoms with Crippen LogP contribution in [0.4, 0.5) is 11.5 Å². The third-order valence-corrected chi connectivity index (χ3v) is 6.36. The number of non-ortho nitro benzene ring substituents is 1. The van der Waals surface area contributed by atoms with Gasteiger partial charge in [0.05, 0.1) is 33.2 Å². The number of hydrogen-bond donors (Lipinski definition) is 1. The van der Waals surface area contributed by atoms with Crippen LogP contribution in [0.2, 0.25) is 0 Å². The van der Waals surface area contributed by atoms with E-state index >= 15 is 0 Å². The smallest absolute Gasteiger partial charge is 0.261 e. The van der Waals surface area contributed by atoms with Gasteiger partial charge in [-0.2, -0.15) is 10.2 Å². The summed E-state index contributed by atoms with van der Waals surface area (Å²) in [6, 6.07) is 14.2. The van der Waals surface area contributed by atoms with Crippen LogP contribution in [-0.4, -0.2) is 34.6 Å². The topological polar surface area (TPSA) is 119 Å². The van der Waals surface area contributed by atoms with E-state index in [2.05, 4.69) is 15.6 Å². The maximum Gasteiger partial charge on any atom is 0.269 e. The molecule has 150 valence electrons. The van der Waals surface area contributed by atoms with Crippen molar-refractivity contribution in [1.82, 2.24) is 9.78 Å². The summed E-state index contributed by atoms with van der Waals surface area (Å²) in [4.78, 5) is 10.4. The van der Waals surface area contributed by atoms with Crippen LogP contribution in [0.25, 0.3) is 5.69 Å². The van der Waals surface area contributed by atoms with Gasteiger partial charge in [0.25, 0.3) is 5.69 Å². The zero-order valence-corrected chi connectivity index (χ0v) is 16.6. The number of para-hydroxylation sites is 1. The number of nitro groups is 1. The Balaban J connectivity index is 1.87. The first-order valence-corrected chi connectivity index (χ1v) is 10.3. The molecule has 1 heterocycles. The summed E-state index contributed by atoms with van der Waals surface area (Å²) in [5.41, 5.74) is 3.90. The summed E-state index contributed by atoms with van der Waals surface area (Å²) < 4.78 is 26.9. The molecule has 0 bridgehead atoms. The number of nitro benzene ring substituents is 1. The Kier molecular flexibility index (Phi) is 5.74. The molecule has 1 aromatic heterocycles. The quantitative estimate of drug-likeness (QED) is 0.360. The van der Waals surface area contributed by atoms with Crippen LogP contribution in [0.1, 0.15) is 19.4 Å². The van der Waals surface area contributed by atoms with Crippen LogP contribution < -0.4 is 5.43 Å². The minimum atomic E-state index is -3.51. The summed E-state index contributed by atoms with van der Waals surface area (Å²) in [6.07, 6.45) is 3.03. The van der Waals surface area contributed by atoms with Crippen molar-refractivity contribution in [2.24, 2.45) is 5.10 Å². The van der Waals surface area contributed by atoms with E-state index in [0.29, 0.717) is 17.1 Å². The lowest BCUT2D eigenvalue weighted by molar-refractivity contribution is -0.384. The number of hydrazone groups is 1. The summed E-state index contributed by atoms with van der Waals surface area (Å²) in [7, 11) is -3.51. The molecule has 0 fully saturated rings. The van der Waals surface area contributed by atoms with Crippen molar-refractivity contribution in [2.45, 2.75) is 24.0 Å². The molecule has 2 aromatic carbocycles. The van der Waals surface area contributed by atoms with E-state index in [4.69, 9.17) is 0 Å². The second kappa shape index (κ2) is 8.23. The second-order valence-electron chi connectivity index (χ2n) is 6.41. The number of hydrogen-bond acceptors (Lipinski definition) is 7. The lowest BCUT2D eigenvalue weighted by atomic mass is 10.2. The zero-order valence-electron chi connectivity index (χ0n) is 15.8. The Labute approximate surface area is 167 Å². The summed E-state index contributed by atoms with van der Waals surface area (Å²) in [5, 5.41) is 18.5. The van der Waals surface area contributed by atoms with Gasteiger partial charge in [0.2, 0.25) is 0 Å². The molecule has 0 amide bonds. The first kappa shape index (κ1) is 20.2. The monoisotopic (exact) mass is 413 g/mol. The van der Waals surface area contributed by atoms with Gasteiger partial charge in [0.15, 0.2) is 9.84 Å². The number of benzene rings is 2. The van der Waals surface area contributed by atoms with Crippen molar-refractivity contribution in [1.29, 1.82) is 0 Å². The van der Waals surface area contributed by atoms with Crippen molar-refractivity contribution >= 4 is 27.6 Å². The molecule has 0 aliphatic rings. The highest BCUT2D eigenvalue weighted by Gasteiger charge is 2.24. The minimum Gasteiger partial charge on any atom is -0.261 e. The van der Waals surface area contributed by atoms with Gasteiger partial charge in [-0.25, -0.2) is 13.1 Å². The van der Waals surface area contributed by atoms with Gasteiger partial charge in [-0.1, -0.05) is 12.1 Å². The fourth-order valence-electron chi connectivity index (χ4n) is 2.56. The minimum absolute atomic E-state index is 0.00356. The summed E-state index contributed by atoms with van der Waals surface area (Å²) >= 11 is 0. The third kappa shape index (κ3) is 4.32. The molecule has 0 radical (unpaired) electrons. The molecule has 0 saturated heterocycles. The normalized spacial score (nSPS) is 11.8. The number of rotatable bonds is 7. The lowest BCUT2D eigenvalue weighted by Gasteiger charge is -2.14. The lowest BCUT2D eigenvalue weighted by Crippen LogP contribution is -2.17. The number of nitrogens with zero attached hydrogens (tertiary/aromatic N) is 4. The average molecular weight is 413 g/mol. The van der Waals surface area contributed by atoms with E-state index in [1.165, 1.54) is 29.2 Å². The van der Waals surface area contributed by atoms with Gasteiger partial charge in [0, 0.05) is 18.2 Å². The Morgan fingerprint density at radius 1 is 1.14 bits per heavy atom. The predicted octanol–water partition coefficient (Wildman–Crippen LogP) is 3.41. The molecular formula is C19H19N5O4S. The standard InChI is InChI=1S/C19H19N5O4S/c1-14(2)29(27,28)18-6-4-3-5-17(18)23-19(11-12-21-23)22-20-13-15-7-9-16(10-8-15)24(25)26/h3-14,22H,1-2H3/b20-13+. The highest BCUT2D eigenvalue weighted by molar-refractivity contribution is 7.92. The van der Waals surface area contributed by atoms with E-state index in [1.807, 2.05) is 0 Å². The van der Waals surface area contributed by atoms with Crippen molar-refractivity contribution in [3.8, 4) is 5.69 Å². The van der Waals surface area contributed by atoms with Crippen LogP contribution in [0, 0.1) is 10.1 Å². The molecule has 0 unspecified atom stereocenters.